The third-order valence-electron chi connectivity index (χ3n) is 4.53. The van der Waals surface area contributed by atoms with Gasteiger partial charge in [-0.3, -0.25) is 4.72 Å². The Morgan fingerprint density at radius 1 is 1.18 bits per heavy atom. The van der Waals surface area contributed by atoms with Gasteiger partial charge in [-0.1, -0.05) is 5.16 Å². The Morgan fingerprint density at radius 2 is 1.86 bits per heavy atom. The fraction of sp³-hybridized carbons (Fsp3) is 0.263. The zero-order valence-electron chi connectivity index (χ0n) is 16.0. The smallest absolute Gasteiger partial charge is 0.341 e. The van der Waals surface area contributed by atoms with Crippen LogP contribution in [-0.4, -0.2) is 30.7 Å². The van der Waals surface area contributed by atoms with Gasteiger partial charge >= 0.3 is 5.97 Å². The van der Waals surface area contributed by atoms with Gasteiger partial charge in [0.25, 0.3) is 10.0 Å². The molecule has 0 saturated carbocycles. The van der Waals surface area contributed by atoms with Crippen molar-refractivity contribution in [3.8, 4) is 11.3 Å². The molecule has 2 aromatic heterocycles. The fourth-order valence-corrected chi connectivity index (χ4v) is 4.54. The van der Waals surface area contributed by atoms with Gasteiger partial charge in [-0.15, -0.1) is 0 Å². The van der Waals surface area contributed by atoms with Crippen molar-refractivity contribution < 1.29 is 22.5 Å². The molecule has 0 aliphatic heterocycles. The predicted molar refractivity (Wildman–Crippen MR) is 104 cm³/mol. The van der Waals surface area contributed by atoms with Crippen LogP contribution in [0, 0.1) is 13.8 Å². The number of sulfonamides is 1. The van der Waals surface area contributed by atoms with E-state index in [4.69, 9.17) is 9.26 Å². The number of hydrogen-bond donors (Lipinski definition) is 1. The van der Waals surface area contributed by atoms with Crippen LogP contribution < -0.4 is 4.72 Å². The number of ether oxygens (including phenoxy) is 1. The molecule has 9 heteroatoms. The standard InChI is InChI=1S/C19H21N3O5S/c1-5-26-19(23)17-12(2)22(4)13(3)18(17)28(24,25)21-15-8-6-14(7-9-15)16-10-11-20-27-16/h6-11,21H,5H2,1-4H3. The van der Waals surface area contributed by atoms with Crippen molar-refractivity contribution in [1.29, 1.82) is 0 Å². The number of carbonyl (C=O) groups is 1. The van der Waals surface area contributed by atoms with Crippen molar-refractivity contribution in [2.45, 2.75) is 25.7 Å². The Balaban J connectivity index is 1.97. The predicted octanol–water partition coefficient (Wildman–Crippen LogP) is 3.27. The molecule has 1 N–H and O–H groups in total. The average Bonchev–Trinajstić information content (AvgIpc) is 3.26. The Kier molecular flexibility index (Phi) is 5.28. The van der Waals surface area contributed by atoms with Crippen LogP contribution in [0.25, 0.3) is 11.3 Å². The number of benzene rings is 1. The lowest BCUT2D eigenvalue weighted by Gasteiger charge is -2.10. The first-order chi connectivity index (χ1) is 13.3. The lowest BCUT2D eigenvalue weighted by atomic mass is 10.1. The van der Waals surface area contributed by atoms with Gasteiger partial charge in [0.1, 0.15) is 10.5 Å². The fourth-order valence-electron chi connectivity index (χ4n) is 2.96. The molecule has 0 aliphatic rings. The molecule has 0 spiro atoms. The maximum absolute atomic E-state index is 13.1. The van der Waals surface area contributed by atoms with Crippen LogP contribution in [0.1, 0.15) is 28.7 Å². The third kappa shape index (κ3) is 3.53. The summed E-state index contributed by atoms with van der Waals surface area (Å²) in [5, 5.41) is 3.65. The van der Waals surface area contributed by atoms with E-state index in [2.05, 4.69) is 9.88 Å². The van der Waals surface area contributed by atoms with Crippen LogP contribution in [0.3, 0.4) is 0 Å². The molecule has 0 atom stereocenters. The molecule has 8 nitrogen and oxygen atoms in total. The second-order valence-electron chi connectivity index (χ2n) is 6.21. The molecule has 0 amide bonds. The van der Waals surface area contributed by atoms with Crippen molar-refractivity contribution in [3.63, 3.8) is 0 Å². The molecule has 0 bridgehead atoms. The Bertz CT molecular complexity index is 1100. The number of rotatable bonds is 6. The summed E-state index contributed by atoms with van der Waals surface area (Å²) >= 11 is 0. The molecular formula is C19H21N3O5S. The van der Waals surface area contributed by atoms with E-state index in [1.807, 2.05) is 0 Å². The molecule has 0 saturated heterocycles. The van der Waals surface area contributed by atoms with Gasteiger partial charge in [0.15, 0.2) is 5.76 Å². The molecule has 3 rings (SSSR count). The zero-order chi connectivity index (χ0) is 20.5. The lowest BCUT2D eigenvalue weighted by molar-refractivity contribution is 0.0521. The molecule has 3 aromatic rings. The molecule has 28 heavy (non-hydrogen) atoms. The number of carbonyl (C=O) groups excluding carboxylic acids is 1. The molecule has 148 valence electrons. The SMILES string of the molecule is CCOC(=O)c1c(S(=O)(=O)Nc2ccc(-c3ccno3)cc2)c(C)n(C)c1C. The molecule has 0 fully saturated rings. The van der Waals surface area contributed by atoms with E-state index in [0.717, 1.165) is 5.56 Å². The number of hydrogen-bond acceptors (Lipinski definition) is 6. The molecule has 0 aliphatic carbocycles. The van der Waals surface area contributed by atoms with Crippen LogP contribution in [-0.2, 0) is 21.8 Å². The average molecular weight is 403 g/mol. The van der Waals surface area contributed by atoms with Crippen LogP contribution >= 0.6 is 0 Å². The van der Waals surface area contributed by atoms with Crippen molar-refractivity contribution in [2.75, 3.05) is 11.3 Å². The van der Waals surface area contributed by atoms with E-state index in [-0.39, 0.29) is 17.1 Å². The van der Waals surface area contributed by atoms with E-state index in [9.17, 15) is 13.2 Å². The van der Waals surface area contributed by atoms with Gasteiger partial charge in [-0.2, -0.15) is 0 Å². The van der Waals surface area contributed by atoms with Crippen molar-refractivity contribution in [3.05, 3.63) is 53.5 Å². The van der Waals surface area contributed by atoms with Gasteiger partial charge in [0, 0.05) is 35.8 Å². The second-order valence-corrected chi connectivity index (χ2v) is 7.83. The highest BCUT2D eigenvalue weighted by molar-refractivity contribution is 7.92. The summed E-state index contributed by atoms with van der Waals surface area (Å²) in [6.07, 6.45) is 1.53. The number of nitrogens with one attached hydrogen (secondary N) is 1. The summed E-state index contributed by atoms with van der Waals surface area (Å²) in [5.41, 5.74) is 2.15. The Morgan fingerprint density at radius 3 is 2.43 bits per heavy atom. The van der Waals surface area contributed by atoms with Crippen molar-refractivity contribution in [1.82, 2.24) is 9.72 Å². The first-order valence-electron chi connectivity index (χ1n) is 8.63. The maximum Gasteiger partial charge on any atom is 0.341 e. The number of nitrogens with zero attached hydrogens (tertiary/aromatic N) is 2. The lowest BCUT2D eigenvalue weighted by Crippen LogP contribution is -2.18. The topological polar surface area (TPSA) is 103 Å². The van der Waals surface area contributed by atoms with Gasteiger partial charge in [0.2, 0.25) is 0 Å². The van der Waals surface area contributed by atoms with E-state index in [0.29, 0.717) is 22.8 Å². The zero-order valence-corrected chi connectivity index (χ0v) is 16.8. The first-order valence-corrected chi connectivity index (χ1v) is 10.1. The van der Waals surface area contributed by atoms with Gasteiger partial charge in [-0.25, -0.2) is 13.2 Å². The summed E-state index contributed by atoms with van der Waals surface area (Å²) in [5.74, 6) is -0.0849. The molecule has 0 unspecified atom stereocenters. The summed E-state index contributed by atoms with van der Waals surface area (Å²) in [7, 11) is -2.31. The Hall–Kier alpha value is -3.07. The van der Waals surface area contributed by atoms with Crippen LogP contribution in [0.2, 0.25) is 0 Å². The van der Waals surface area contributed by atoms with E-state index < -0.39 is 16.0 Å². The van der Waals surface area contributed by atoms with Gasteiger partial charge in [-0.05, 0) is 45.0 Å². The maximum atomic E-state index is 13.1. The third-order valence-corrected chi connectivity index (χ3v) is 6.07. The van der Waals surface area contributed by atoms with E-state index in [1.54, 1.807) is 62.7 Å². The minimum atomic E-state index is -4.01. The van der Waals surface area contributed by atoms with E-state index >= 15 is 0 Å². The molecule has 1 aromatic carbocycles. The monoisotopic (exact) mass is 403 g/mol. The highest BCUT2D eigenvalue weighted by Gasteiger charge is 2.31. The van der Waals surface area contributed by atoms with Gasteiger partial charge in [0.05, 0.1) is 12.8 Å². The largest absolute Gasteiger partial charge is 0.462 e. The minimum Gasteiger partial charge on any atom is -0.462 e. The van der Waals surface area contributed by atoms with Crippen molar-refractivity contribution >= 4 is 21.7 Å². The highest BCUT2D eigenvalue weighted by Crippen LogP contribution is 2.29. The number of anilines is 1. The van der Waals surface area contributed by atoms with E-state index in [1.165, 1.54) is 6.20 Å². The second kappa shape index (κ2) is 7.51. The van der Waals surface area contributed by atoms with Crippen molar-refractivity contribution in [2.24, 2.45) is 7.05 Å². The Labute approximate surface area is 163 Å². The highest BCUT2D eigenvalue weighted by atomic mass is 32.2. The number of esters is 1. The number of aromatic nitrogens is 2. The first kappa shape index (κ1) is 19.7. The van der Waals surface area contributed by atoms with Crippen LogP contribution in [0.5, 0.6) is 0 Å². The summed E-state index contributed by atoms with van der Waals surface area (Å²) in [4.78, 5) is 12.3. The summed E-state index contributed by atoms with van der Waals surface area (Å²) < 4.78 is 40.5. The van der Waals surface area contributed by atoms with Gasteiger partial charge < -0.3 is 13.8 Å². The molecular weight excluding hydrogens is 382 g/mol. The quantitative estimate of drug-likeness (QED) is 0.634. The summed E-state index contributed by atoms with van der Waals surface area (Å²) in [6, 6.07) is 8.37. The molecule has 0 radical (unpaired) electrons. The van der Waals surface area contributed by atoms with Crippen LogP contribution in [0.15, 0.2) is 45.9 Å². The molecule has 2 heterocycles. The summed E-state index contributed by atoms with van der Waals surface area (Å²) in [6.45, 7) is 5.16. The van der Waals surface area contributed by atoms with Crippen LogP contribution in [0.4, 0.5) is 5.69 Å². The minimum absolute atomic E-state index is 0.0487. The normalized spacial score (nSPS) is 11.4.